The zero-order valence-electron chi connectivity index (χ0n) is 37.3. The first kappa shape index (κ1) is 50.0. The Hall–Kier alpha value is -6.43. The monoisotopic (exact) mass is 996 g/mol. The highest BCUT2D eigenvalue weighted by atomic mass is 79.9. The number of benzene rings is 5. The van der Waals surface area contributed by atoms with Gasteiger partial charge >= 0.3 is 12.4 Å². The van der Waals surface area contributed by atoms with Crippen LogP contribution < -0.4 is 20.1 Å². The van der Waals surface area contributed by atoms with E-state index in [0.29, 0.717) is 63.3 Å². The molecule has 0 aliphatic rings. The summed E-state index contributed by atoms with van der Waals surface area (Å²) >= 11 is 3.42. The van der Waals surface area contributed by atoms with Gasteiger partial charge in [-0.1, -0.05) is 29.8 Å². The first-order valence-electron chi connectivity index (χ1n) is 21.4. The Morgan fingerprint density at radius 1 is 0.657 bits per heavy atom. The molecule has 10 nitrogen and oxygen atoms in total. The quantitative estimate of drug-likeness (QED) is 0.0685. The van der Waals surface area contributed by atoms with Crippen LogP contribution in [0, 0.1) is 19.7 Å². The van der Waals surface area contributed by atoms with Gasteiger partial charge in [-0.05, 0) is 98.5 Å². The third kappa shape index (κ3) is 12.7. The number of anilines is 2. The summed E-state index contributed by atoms with van der Waals surface area (Å²) < 4.78 is 105. The molecule has 0 aliphatic carbocycles. The van der Waals surface area contributed by atoms with Crippen LogP contribution in [-0.2, 0) is 0 Å². The maximum absolute atomic E-state index is 14.6. The zero-order valence-corrected chi connectivity index (χ0v) is 38.8. The number of methoxy groups -OCH3 is 1. The summed E-state index contributed by atoms with van der Waals surface area (Å²) in [6.45, 7) is 7.05. The van der Waals surface area contributed by atoms with Crippen LogP contribution in [0.5, 0.6) is 17.2 Å². The van der Waals surface area contributed by atoms with E-state index in [1.807, 2.05) is 62.6 Å². The lowest BCUT2D eigenvalue weighted by Crippen LogP contribution is -2.14. The Labute approximate surface area is 390 Å². The molecule has 354 valence electrons. The molecular formula is C49H48BrF7N6O4. The van der Waals surface area contributed by atoms with Gasteiger partial charge < -0.3 is 20.1 Å². The molecule has 0 bridgehead atoms. The molecule has 0 spiro atoms. The van der Waals surface area contributed by atoms with E-state index in [9.17, 15) is 40.3 Å². The highest BCUT2D eigenvalue weighted by Gasteiger charge is 2.27. The van der Waals surface area contributed by atoms with Crippen molar-refractivity contribution in [3.63, 3.8) is 0 Å². The summed E-state index contributed by atoms with van der Waals surface area (Å²) in [6.07, 6.45) is -4.84. The van der Waals surface area contributed by atoms with Gasteiger partial charge in [-0.15, -0.1) is 0 Å². The van der Waals surface area contributed by atoms with Crippen molar-refractivity contribution in [2.45, 2.75) is 78.6 Å². The van der Waals surface area contributed by atoms with Gasteiger partial charge in [0.2, 0.25) is 0 Å². The smallest absolute Gasteiger partial charge is 0.390 e. The third-order valence-corrected chi connectivity index (χ3v) is 11.0. The number of halogens is 8. The van der Waals surface area contributed by atoms with Crippen molar-refractivity contribution in [2.24, 2.45) is 0 Å². The van der Waals surface area contributed by atoms with Crippen molar-refractivity contribution >= 4 is 60.9 Å². The van der Waals surface area contributed by atoms with Gasteiger partial charge in [0.25, 0.3) is 0 Å². The third-order valence-electron chi connectivity index (χ3n) is 10.6. The van der Waals surface area contributed by atoms with Crippen LogP contribution in [-0.4, -0.2) is 63.2 Å². The predicted octanol–water partition coefficient (Wildman–Crippen LogP) is 14.1. The molecule has 0 radical (unpaired) electrons. The van der Waals surface area contributed by atoms with E-state index in [2.05, 4.69) is 36.5 Å². The van der Waals surface area contributed by atoms with Crippen LogP contribution in [0.3, 0.4) is 0 Å². The van der Waals surface area contributed by atoms with Gasteiger partial charge in [0, 0.05) is 71.1 Å². The molecule has 67 heavy (non-hydrogen) atoms. The van der Waals surface area contributed by atoms with Gasteiger partial charge in [0.1, 0.15) is 35.2 Å². The first-order valence-corrected chi connectivity index (χ1v) is 22.2. The number of Topliss-reactive ketones (excluding diaryl/α,β-unsaturated/α-hetero) is 2. The second-order valence-electron chi connectivity index (χ2n) is 15.7. The van der Waals surface area contributed by atoms with Crippen molar-refractivity contribution in [3.05, 3.63) is 124 Å². The number of carbonyl (C=O) groups is 2. The lowest BCUT2D eigenvalue weighted by Gasteiger charge is -2.14. The van der Waals surface area contributed by atoms with Crippen LogP contribution in [0.25, 0.3) is 33.4 Å². The summed E-state index contributed by atoms with van der Waals surface area (Å²) in [6, 6.07) is 21.8. The van der Waals surface area contributed by atoms with Crippen molar-refractivity contribution in [1.82, 2.24) is 19.1 Å². The summed E-state index contributed by atoms with van der Waals surface area (Å²) in [4.78, 5) is 33.5. The Bertz CT molecular complexity index is 2890. The second kappa shape index (κ2) is 21.5. The number of aromatic nitrogens is 4. The molecular weight excluding hydrogens is 949 g/mol. The lowest BCUT2D eigenvalue weighted by molar-refractivity contribution is -0.132. The minimum atomic E-state index is -4.33. The van der Waals surface area contributed by atoms with E-state index >= 15 is 0 Å². The van der Waals surface area contributed by atoms with Crippen LogP contribution in [0.2, 0.25) is 0 Å². The number of ketones is 2. The van der Waals surface area contributed by atoms with E-state index < -0.39 is 31.0 Å². The number of hydrogen-bond donors (Lipinski definition) is 2. The number of rotatable bonds is 17. The highest BCUT2D eigenvalue weighted by Crippen LogP contribution is 2.36. The standard InChI is InChI=1S/C28H27F4N3O3.C21H21BrF3N3O/c1-4-5-25(36)21-8-6-18(12-17(21)2)35-16-34-27-23(33-11-10-28(30,31)32)14-20(15-24(27)35)38-26-9-7-19(37-3)13-22(26)29;1-3-4-19(29)16-6-5-15(9-13(16)2)28-12-27-20-17(10-14(22)11-18(20)28)26-8-7-21(23,24)25/h6-9,12-16,33H,4-5,10-11H2,1-3H3;5-6,9-12,26H,3-4,7-8H2,1-2H3. The minimum absolute atomic E-state index is 0.0559. The number of fused-ring (bicyclic) bond motifs is 2. The molecule has 18 heteroatoms. The molecule has 0 amide bonds. The maximum Gasteiger partial charge on any atom is 0.390 e. The second-order valence-corrected chi connectivity index (χ2v) is 16.6. The highest BCUT2D eigenvalue weighted by molar-refractivity contribution is 9.10. The molecule has 0 unspecified atom stereocenters. The molecule has 2 N–H and O–H groups in total. The van der Waals surface area contributed by atoms with E-state index in [4.69, 9.17) is 9.47 Å². The van der Waals surface area contributed by atoms with Crippen LogP contribution in [0.4, 0.5) is 42.1 Å². The van der Waals surface area contributed by atoms with Crippen LogP contribution in [0.15, 0.2) is 96.0 Å². The predicted molar refractivity (Wildman–Crippen MR) is 249 cm³/mol. The number of aryl methyl sites for hydroxylation is 2. The molecule has 0 fully saturated rings. The summed E-state index contributed by atoms with van der Waals surface area (Å²) in [7, 11) is 1.41. The van der Waals surface area contributed by atoms with E-state index in [1.165, 1.54) is 31.4 Å². The van der Waals surface area contributed by atoms with Gasteiger partial charge in [0.05, 0.1) is 42.4 Å². The molecule has 0 atom stereocenters. The Morgan fingerprint density at radius 2 is 1.15 bits per heavy atom. The van der Waals surface area contributed by atoms with Crippen molar-refractivity contribution in [1.29, 1.82) is 0 Å². The minimum Gasteiger partial charge on any atom is -0.497 e. The Morgan fingerprint density at radius 3 is 1.60 bits per heavy atom. The van der Waals surface area contributed by atoms with E-state index in [1.54, 1.807) is 41.5 Å². The maximum atomic E-state index is 14.6. The van der Waals surface area contributed by atoms with Crippen molar-refractivity contribution in [2.75, 3.05) is 30.8 Å². The normalized spacial score (nSPS) is 11.7. The van der Waals surface area contributed by atoms with Gasteiger partial charge in [-0.3, -0.25) is 18.7 Å². The largest absolute Gasteiger partial charge is 0.497 e. The number of carbonyl (C=O) groups excluding carboxylic acids is 2. The van der Waals surface area contributed by atoms with Crippen LogP contribution >= 0.6 is 15.9 Å². The number of imidazole rings is 2. The average Bonchev–Trinajstić information content (AvgIpc) is 3.89. The van der Waals surface area contributed by atoms with Gasteiger partial charge in [-0.25, -0.2) is 14.4 Å². The topological polar surface area (TPSA) is 112 Å². The molecule has 7 rings (SSSR count). The summed E-state index contributed by atoms with van der Waals surface area (Å²) in [5, 5.41) is 5.61. The summed E-state index contributed by atoms with van der Waals surface area (Å²) in [5.41, 5.74) is 7.65. The fraction of sp³-hybridized carbons (Fsp3) is 0.306. The molecule has 2 aromatic heterocycles. The van der Waals surface area contributed by atoms with Crippen molar-refractivity contribution in [3.8, 4) is 28.6 Å². The molecule has 7 aromatic rings. The fourth-order valence-corrected chi connectivity index (χ4v) is 7.80. The Kier molecular flexibility index (Phi) is 16.0. The average molecular weight is 998 g/mol. The molecule has 5 aromatic carbocycles. The van der Waals surface area contributed by atoms with E-state index in [0.717, 1.165) is 39.6 Å². The number of ether oxygens (including phenoxy) is 2. The molecule has 2 heterocycles. The zero-order chi connectivity index (χ0) is 48.6. The first-order chi connectivity index (χ1) is 31.8. The van der Waals surface area contributed by atoms with Gasteiger partial charge in [-0.2, -0.15) is 26.3 Å². The molecule has 0 saturated carbocycles. The van der Waals surface area contributed by atoms with Crippen LogP contribution in [0.1, 0.15) is 84.2 Å². The number of nitrogens with zero attached hydrogens (tertiary/aromatic N) is 4. The van der Waals surface area contributed by atoms with Gasteiger partial charge in [0.15, 0.2) is 23.1 Å². The molecule has 0 aliphatic heterocycles. The lowest BCUT2D eigenvalue weighted by atomic mass is 10.0. The van der Waals surface area contributed by atoms with E-state index in [-0.39, 0.29) is 36.2 Å². The number of nitrogens with one attached hydrogen (secondary N) is 2. The number of hydrogen-bond acceptors (Lipinski definition) is 8. The Balaban J connectivity index is 0.000000229. The molecule has 0 saturated heterocycles. The number of alkyl halides is 6. The SMILES string of the molecule is CCCC(=O)c1ccc(-n2cnc3c(NCCC(F)(F)F)cc(Br)cc32)cc1C.CCCC(=O)c1ccc(-n2cnc3c(NCCC(F)(F)F)cc(Oc4ccc(OC)cc4F)cc32)cc1C. The fourth-order valence-electron chi connectivity index (χ4n) is 7.35. The summed E-state index contributed by atoms with van der Waals surface area (Å²) in [5.74, 6) is -0.0515. The van der Waals surface area contributed by atoms with Crippen molar-refractivity contribution < 1.29 is 49.8 Å².